The van der Waals surface area contributed by atoms with Crippen molar-refractivity contribution in [3.63, 3.8) is 0 Å². The van der Waals surface area contributed by atoms with Crippen molar-refractivity contribution >= 4 is 55.7 Å². The van der Waals surface area contributed by atoms with Crippen molar-refractivity contribution in [1.29, 1.82) is 0 Å². The highest BCUT2D eigenvalue weighted by Crippen LogP contribution is 2.35. The molecule has 0 radical (unpaired) electrons. The van der Waals surface area contributed by atoms with Crippen LogP contribution < -0.4 is 5.32 Å². The van der Waals surface area contributed by atoms with Crippen LogP contribution in [0.4, 0.5) is 10.2 Å². The minimum absolute atomic E-state index is 0.160. The normalized spacial score (nSPS) is 17.4. The average molecular weight is 375 g/mol. The van der Waals surface area contributed by atoms with Gasteiger partial charge in [-0.2, -0.15) is 0 Å². The van der Waals surface area contributed by atoms with Gasteiger partial charge < -0.3 is 10.4 Å². The largest absolute Gasteiger partial charge is 0.478 e. The van der Waals surface area contributed by atoms with Gasteiger partial charge in [-0.15, -0.1) is 11.3 Å². The van der Waals surface area contributed by atoms with Crippen molar-refractivity contribution in [3.8, 4) is 0 Å². The number of fused-ring (bicyclic) bond motifs is 3. The van der Waals surface area contributed by atoms with Crippen LogP contribution in [0, 0.1) is 0 Å². The Morgan fingerprint density at radius 1 is 1.36 bits per heavy atom. The lowest BCUT2D eigenvalue weighted by Gasteiger charge is -2.18. The summed E-state index contributed by atoms with van der Waals surface area (Å²) in [6.45, 7) is 0. The average Bonchev–Trinajstić information content (AvgIpc) is 3.08. The third-order valence-corrected chi connectivity index (χ3v) is 5.27. The zero-order chi connectivity index (χ0) is 17.6. The predicted octanol–water partition coefficient (Wildman–Crippen LogP) is 5.31. The molecule has 0 fully saturated rings. The molecule has 4 rings (SSSR count). The van der Waals surface area contributed by atoms with E-state index >= 15 is 0 Å². The van der Waals surface area contributed by atoms with Crippen molar-refractivity contribution in [2.75, 3.05) is 5.32 Å². The lowest BCUT2D eigenvalue weighted by molar-refractivity contribution is 0.0697. The first-order chi connectivity index (χ1) is 12.0. The summed E-state index contributed by atoms with van der Waals surface area (Å²) in [5, 5.41) is 16.4. The topological polar surface area (TPSA) is 62.2 Å². The summed E-state index contributed by atoms with van der Waals surface area (Å²) in [6, 6.07) is 6.75. The molecule has 0 aliphatic heterocycles. The van der Waals surface area contributed by atoms with Crippen LogP contribution in [0.2, 0.25) is 0 Å². The second kappa shape index (κ2) is 6.13. The number of nitrogens with one attached hydrogen (secondary N) is 1. The van der Waals surface area contributed by atoms with E-state index in [0.717, 1.165) is 15.5 Å². The van der Waals surface area contributed by atoms with Gasteiger partial charge >= 0.3 is 5.97 Å². The van der Waals surface area contributed by atoms with E-state index in [0.29, 0.717) is 22.1 Å². The minimum Gasteiger partial charge on any atom is -0.478 e. The Bertz CT molecular complexity index is 1070. The van der Waals surface area contributed by atoms with Gasteiger partial charge in [-0.25, -0.2) is 14.2 Å². The fraction of sp³-hybridized carbons (Fsp3) is 0.111. The molecule has 2 N–H and O–H groups in total. The maximum atomic E-state index is 14.2. The summed E-state index contributed by atoms with van der Waals surface area (Å²) in [5.74, 6) is -0.522. The van der Waals surface area contributed by atoms with E-state index < -0.39 is 12.1 Å². The van der Waals surface area contributed by atoms with Crippen molar-refractivity contribution in [2.24, 2.45) is 0 Å². The number of aromatic carboxylic acids is 1. The number of nitrogens with zero attached hydrogens (tertiary/aromatic N) is 1. The first-order valence-electron chi connectivity index (χ1n) is 7.55. The van der Waals surface area contributed by atoms with Crippen LogP contribution in [0.15, 0.2) is 52.5 Å². The first kappa shape index (κ1) is 16.1. The third-order valence-electron chi connectivity index (χ3n) is 4.06. The van der Waals surface area contributed by atoms with E-state index in [1.165, 1.54) is 17.4 Å². The Kier molecular flexibility index (Phi) is 3.94. The Balaban J connectivity index is 1.88. The standard InChI is InChI=1S/C18H12ClFN2O2S/c19-10-2-4-13(20)15(8-10)22-17-12-5-6-25-16(12)11-3-1-9(18(23)24)7-14(11)21-17/h1-3,5-8,13H,4H2,(H,21,22)(H,23,24). The molecule has 25 heavy (non-hydrogen) atoms. The predicted molar refractivity (Wildman–Crippen MR) is 99.2 cm³/mol. The maximum Gasteiger partial charge on any atom is 0.335 e. The van der Waals surface area contributed by atoms with Crippen LogP contribution in [0.1, 0.15) is 16.8 Å². The van der Waals surface area contributed by atoms with Crippen molar-refractivity contribution in [3.05, 3.63) is 58.1 Å². The summed E-state index contributed by atoms with van der Waals surface area (Å²) in [7, 11) is 0. The van der Waals surface area contributed by atoms with Crippen molar-refractivity contribution < 1.29 is 14.3 Å². The number of hydrogen-bond acceptors (Lipinski definition) is 4. The van der Waals surface area contributed by atoms with Gasteiger partial charge in [0.1, 0.15) is 12.0 Å². The molecule has 0 amide bonds. The highest BCUT2D eigenvalue weighted by molar-refractivity contribution is 7.18. The number of hydrogen-bond donors (Lipinski definition) is 2. The number of allylic oxidation sites excluding steroid dienone is 4. The zero-order valence-corrected chi connectivity index (χ0v) is 14.4. The van der Waals surface area contributed by atoms with Gasteiger partial charge in [-0.1, -0.05) is 23.7 Å². The van der Waals surface area contributed by atoms with E-state index in [4.69, 9.17) is 11.6 Å². The number of carboxylic acids is 1. The van der Waals surface area contributed by atoms with Crippen LogP contribution in [-0.4, -0.2) is 22.2 Å². The zero-order valence-electron chi connectivity index (χ0n) is 12.8. The summed E-state index contributed by atoms with van der Waals surface area (Å²) in [6.07, 6.45) is 2.21. The van der Waals surface area contributed by atoms with Gasteiger partial charge in [0.2, 0.25) is 0 Å². The Hall–Kier alpha value is -2.44. The van der Waals surface area contributed by atoms with Crippen molar-refractivity contribution in [2.45, 2.75) is 12.6 Å². The van der Waals surface area contributed by atoms with Crippen LogP contribution in [-0.2, 0) is 0 Å². The minimum atomic E-state index is -1.18. The number of halogens is 2. The van der Waals surface area contributed by atoms with Gasteiger partial charge in [-0.05, 0) is 29.7 Å². The lowest BCUT2D eigenvalue weighted by Crippen LogP contribution is -2.15. The van der Waals surface area contributed by atoms with Gasteiger partial charge in [0.05, 0.1) is 16.8 Å². The third kappa shape index (κ3) is 2.88. The first-order valence-corrected chi connectivity index (χ1v) is 8.81. The molecule has 1 unspecified atom stereocenters. The monoisotopic (exact) mass is 374 g/mol. The number of thiophene rings is 1. The summed E-state index contributed by atoms with van der Waals surface area (Å²) in [4.78, 5) is 15.8. The number of carbonyl (C=O) groups is 1. The number of carboxylic acid groups (broad SMARTS) is 1. The van der Waals surface area contributed by atoms with E-state index in [1.807, 2.05) is 11.4 Å². The Morgan fingerprint density at radius 3 is 3.00 bits per heavy atom. The molecule has 0 saturated carbocycles. The summed E-state index contributed by atoms with van der Waals surface area (Å²) >= 11 is 7.52. The highest BCUT2D eigenvalue weighted by Gasteiger charge is 2.19. The molecular formula is C18H12ClFN2O2S. The van der Waals surface area contributed by atoms with E-state index in [-0.39, 0.29) is 12.0 Å². The van der Waals surface area contributed by atoms with Crippen LogP contribution in [0.5, 0.6) is 0 Å². The number of rotatable bonds is 3. The molecule has 1 atom stereocenters. The second-order valence-corrected chi connectivity index (χ2v) is 7.03. The molecule has 4 nitrogen and oxygen atoms in total. The Morgan fingerprint density at radius 2 is 2.20 bits per heavy atom. The lowest BCUT2D eigenvalue weighted by atomic mass is 10.1. The number of alkyl halides is 1. The molecule has 1 aliphatic carbocycles. The number of pyridine rings is 1. The smallest absolute Gasteiger partial charge is 0.335 e. The summed E-state index contributed by atoms with van der Waals surface area (Å²) < 4.78 is 15.2. The molecule has 126 valence electrons. The molecule has 0 saturated heterocycles. The quantitative estimate of drug-likeness (QED) is 0.652. The number of aromatic nitrogens is 1. The van der Waals surface area contributed by atoms with Crippen molar-refractivity contribution in [1.82, 2.24) is 4.98 Å². The van der Waals surface area contributed by atoms with E-state index in [9.17, 15) is 14.3 Å². The fourth-order valence-corrected chi connectivity index (χ4v) is 3.96. The van der Waals surface area contributed by atoms with Crippen LogP contribution in [0.3, 0.4) is 0 Å². The van der Waals surface area contributed by atoms with Crippen LogP contribution in [0.25, 0.3) is 21.0 Å². The Labute approximate surface area is 151 Å². The van der Waals surface area contributed by atoms with Gasteiger partial charge in [0, 0.05) is 26.9 Å². The highest BCUT2D eigenvalue weighted by atomic mass is 35.5. The molecular weight excluding hydrogens is 363 g/mol. The van der Waals surface area contributed by atoms with E-state index in [2.05, 4.69) is 10.3 Å². The van der Waals surface area contributed by atoms with Gasteiger partial charge in [0.15, 0.2) is 0 Å². The van der Waals surface area contributed by atoms with Crippen LogP contribution >= 0.6 is 22.9 Å². The maximum absolute atomic E-state index is 14.2. The second-order valence-electron chi connectivity index (χ2n) is 5.68. The summed E-state index contributed by atoms with van der Waals surface area (Å²) in [5.41, 5.74) is 1.06. The molecule has 1 aromatic carbocycles. The van der Waals surface area contributed by atoms with E-state index in [1.54, 1.807) is 24.3 Å². The molecule has 7 heteroatoms. The van der Waals surface area contributed by atoms with Gasteiger partial charge in [-0.3, -0.25) is 0 Å². The number of anilines is 1. The molecule has 0 bridgehead atoms. The van der Waals surface area contributed by atoms with Gasteiger partial charge in [0.25, 0.3) is 0 Å². The molecule has 0 spiro atoms. The molecule has 2 heterocycles. The SMILES string of the molecule is O=C(O)c1ccc2c(c1)nc(NC1=CC(Cl)=CCC1F)c1ccsc12. The number of benzene rings is 1. The molecule has 1 aliphatic rings. The fourth-order valence-electron chi connectivity index (χ4n) is 2.82. The molecule has 2 aromatic heterocycles. The molecule has 3 aromatic rings.